The summed E-state index contributed by atoms with van der Waals surface area (Å²) in [4.78, 5) is 13.3. The van der Waals surface area contributed by atoms with Gasteiger partial charge in [-0.3, -0.25) is 4.79 Å². The van der Waals surface area contributed by atoms with Crippen molar-refractivity contribution < 1.29 is 4.79 Å². The molecule has 0 saturated carbocycles. The molecule has 1 atom stereocenters. The fraction of sp³-hybridized carbons (Fsp3) is 0.333. The van der Waals surface area contributed by atoms with Crippen molar-refractivity contribution in [3.05, 3.63) is 103 Å². The van der Waals surface area contributed by atoms with Gasteiger partial charge in [0, 0.05) is 11.6 Å². The molecule has 0 spiro atoms. The van der Waals surface area contributed by atoms with Gasteiger partial charge in [0.15, 0.2) is 0 Å². The van der Waals surface area contributed by atoms with E-state index >= 15 is 0 Å². The van der Waals surface area contributed by atoms with Crippen LogP contribution in [0.2, 0.25) is 0 Å². The second-order valence-corrected chi connectivity index (χ2v) is 10.3. The Labute approximate surface area is 224 Å². The maximum Gasteiger partial charge on any atom is 0.251 e. The van der Waals surface area contributed by atoms with Crippen LogP contribution in [0.5, 0.6) is 0 Å². The Morgan fingerprint density at radius 1 is 0.865 bits per heavy atom. The zero-order valence-corrected chi connectivity index (χ0v) is 23.3. The molecule has 0 aliphatic heterocycles. The number of aryl methyl sites for hydroxylation is 3. The van der Waals surface area contributed by atoms with Gasteiger partial charge in [-0.1, -0.05) is 34.6 Å². The molecule has 0 aliphatic carbocycles. The number of aromatic amines is 1. The van der Waals surface area contributed by atoms with E-state index in [-0.39, 0.29) is 11.9 Å². The monoisotopic (exact) mass is 513 g/mol. The van der Waals surface area contributed by atoms with Crippen LogP contribution in [-0.2, 0) is 12.8 Å². The molecule has 4 aromatic rings. The van der Waals surface area contributed by atoms with Crippen molar-refractivity contribution in [2.45, 2.75) is 66.8 Å². The average molecular weight is 514 g/mol. The van der Waals surface area contributed by atoms with Gasteiger partial charge in [0.1, 0.15) is 0 Å². The Hall–Kier alpha value is -3.58. The van der Waals surface area contributed by atoms with Gasteiger partial charge in [0.2, 0.25) is 4.77 Å². The maximum atomic E-state index is 13.3. The summed E-state index contributed by atoms with van der Waals surface area (Å²) in [6, 6.07) is 16.1. The molecular weight excluding hydrogens is 478 g/mol. The van der Waals surface area contributed by atoms with Gasteiger partial charge in [-0.05, 0) is 142 Å². The number of aromatic nitrogens is 4. The van der Waals surface area contributed by atoms with Crippen molar-refractivity contribution >= 4 is 18.1 Å². The highest BCUT2D eigenvalue weighted by Crippen LogP contribution is 2.22. The SMILES string of the molecule is Cc1ccc(CCC(Cc2ccc(C)c(C)c2C)NC(=O)c2ccc(-n3[nH]nnc3=S)cc2)c(C)c1C. The van der Waals surface area contributed by atoms with E-state index in [1.54, 1.807) is 16.8 Å². The summed E-state index contributed by atoms with van der Waals surface area (Å²) < 4.78 is 1.93. The van der Waals surface area contributed by atoms with Crippen LogP contribution in [0.15, 0.2) is 48.5 Å². The topological polar surface area (TPSA) is 75.6 Å². The van der Waals surface area contributed by atoms with Crippen LogP contribution in [0, 0.1) is 46.3 Å². The molecule has 4 rings (SSSR count). The third-order valence-electron chi connectivity index (χ3n) is 7.76. The molecule has 37 heavy (non-hydrogen) atoms. The number of hydrogen-bond acceptors (Lipinski definition) is 4. The third kappa shape index (κ3) is 5.88. The molecular formula is C30H35N5OS. The van der Waals surface area contributed by atoms with E-state index < -0.39 is 0 Å². The molecule has 1 aromatic heterocycles. The highest BCUT2D eigenvalue weighted by Gasteiger charge is 2.18. The lowest BCUT2D eigenvalue weighted by Crippen LogP contribution is -2.37. The van der Waals surface area contributed by atoms with Gasteiger partial charge >= 0.3 is 0 Å². The van der Waals surface area contributed by atoms with Crippen molar-refractivity contribution in [3.8, 4) is 5.69 Å². The number of carbonyl (C=O) groups is 1. The molecule has 2 N–H and O–H groups in total. The second kappa shape index (κ2) is 11.2. The van der Waals surface area contributed by atoms with Crippen LogP contribution in [-0.4, -0.2) is 32.2 Å². The van der Waals surface area contributed by atoms with Gasteiger partial charge in [-0.15, -0.1) is 0 Å². The number of benzene rings is 3. The Balaban J connectivity index is 1.55. The summed E-state index contributed by atoms with van der Waals surface area (Å²) in [5.74, 6) is -0.0822. The van der Waals surface area contributed by atoms with Crippen molar-refractivity contribution in [3.63, 3.8) is 0 Å². The molecule has 0 bridgehead atoms. The van der Waals surface area contributed by atoms with E-state index in [1.807, 2.05) is 12.1 Å². The minimum atomic E-state index is -0.0822. The zero-order valence-electron chi connectivity index (χ0n) is 22.5. The van der Waals surface area contributed by atoms with Crippen LogP contribution >= 0.6 is 12.2 Å². The predicted molar refractivity (Wildman–Crippen MR) is 151 cm³/mol. The van der Waals surface area contributed by atoms with Crippen LogP contribution in [0.1, 0.15) is 61.3 Å². The van der Waals surface area contributed by atoms with Crippen LogP contribution in [0.3, 0.4) is 0 Å². The summed E-state index contributed by atoms with van der Waals surface area (Å²) in [5.41, 5.74) is 11.9. The van der Waals surface area contributed by atoms with E-state index in [2.05, 4.69) is 86.7 Å². The summed E-state index contributed by atoms with van der Waals surface area (Å²) in [6.45, 7) is 13.0. The first-order chi connectivity index (χ1) is 17.7. The lowest BCUT2D eigenvalue weighted by atomic mass is 9.90. The van der Waals surface area contributed by atoms with E-state index in [0.717, 1.165) is 24.9 Å². The zero-order chi connectivity index (χ0) is 26.7. The molecule has 0 fully saturated rings. The molecule has 0 aliphatic rings. The molecule has 3 aromatic carbocycles. The molecule has 1 unspecified atom stereocenters. The summed E-state index contributed by atoms with van der Waals surface area (Å²) in [6.07, 6.45) is 2.55. The van der Waals surface area contributed by atoms with E-state index in [4.69, 9.17) is 12.2 Å². The number of nitrogens with zero attached hydrogens (tertiary/aromatic N) is 3. The molecule has 192 valence electrons. The van der Waals surface area contributed by atoms with Crippen LogP contribution in [0.25, 0.3) is 5.69 Å². The predicted octanol–water partition coefficient (Wildman–Crippen LogP) is 6.15. The summed E-state index contributed by atoms with van der Waals surface area (Å²) in [5, 5.41) is 13.6. The fourth-order valence-corrected chi connectivity index (χ4v) is 4.92. The van der Waals surface area contributed by atoms with Gasteiger partial charge in [-0.25, -0.2) is 4.68 Å². The van der Waals surface area contributed by atoms with E-state index in [0.29, 0.717) is 10.3 Å². The largest absolute Gasteiger partial charge is 0.349 e. The van der Waals surface area contributed by atoms with Crippen LogP contribution in [0.4, 0.5) is 0 Å². The van der Waals surface area contributed by atoms with Gasteiger partial charge in [-0.2, -0.15) is 5.21 Å². The number of nitrogens with one attached hydrogen (secondary N) is 2. The first kappa shape index (κ1) is 26.5. The quantitative estimate of drug-likeness (QED) is 0.277. The number of rotatable bonds is 8. The number of amides is 1. The minimum Gasteiger partial charge on any atom is -0.349 e. The highest BCUT2D eigenvalue weighted by atomic mass is 32.1. The first-order valence-corrected chi connectivity index (χ1v) is 13.1. The molecule has 0 radical (unpaired) electrons. The summed E-state index contributed by atoms with van der Waals surface area (Å²) >= 11 is 5.17. The normalized spacial score (nSPS) is 11.9. The fourth-order valence-electron chi connectivity index (χ4n) is 4.73. The smallest absolute Gasteiger partial charge is 0.251 e. The van der Waals surface area contributed by atoms with Crippen molar-refractivity contribution in [2.75, 3.05) is 0 Å². The Kier molecular flexibility index (Phi) is 8.03. The molecule has 1 amide bonds. The molecule has 0 saturated heterocycles. The number of carbonyl (C=O) groups excluding carboxylic acids is 1. The standard InChI is InChI=1S/C30H35N5OS/c1-18-7-9-24(22(5)20(18)3)11-14-27(17-26-10-8-19(2)21(4)23(26)6)31-29(36)25-12-15-28(16-13-25)35-30(37)32-33-34-35/h7-10,12-13,15-16,27H,11,14,17H2,1-6H3,(H,31,36)(H,32,34,37). The summed E-state index contributed by atoms with van der Waals surface area (Å²) in [7, 11) is 0. The average Bonchev–Trinajstić information content (AvgIpc) is 3.32. The Morgan fingerprint density at radius 3 is 2.05 bits per heavy atom. The van der Waals surface area contributed by atoms with Gasteiger partial charge < -0.3 is 5.32 Å². The molecule has 6 nitrogen and oxygen atoms in total. The van der Waals surface area contributed by atoms with Gasteiger partial charge in [0.25, 0.3) is 5.91 Å². The highest BCUT2D eigenvalue weighted by molar-refractivity contribution is 7.71. The minimum absolute atomic E-state index is 0.000539. The van der Waals surface area contributed by atoms with Crippen molar-refractivity contribution in [1.29, 1.82) is 0 Å². The molecule has 1 heterocycles. The Morgan fingerprint density at radius 2 is 1.46 bits per heavy atom. The number of H-pyrrole nitrogens is 1. The van der Waals surface area contributed by atoms with Crippen molar-refractivity contribution in [2.24, 2.45) is 0 Å². The van der Waals surface area contributed by atoms with E-state index in [9.17, 15) is 4.79 Å². The second-order valence-electron chi connectivity index (χ2n) is 9.96. The van der Waals surface area contributed by atoms with Crippen molar-refractivity contribution in [1.82, 2.24) is 25.5 Å². The van der Waals surface area contributed by atoms with Gasteiger partial charge in [0.05, 0.1) is 5.69 Å². The third-order valence-corrected chi connectivity index (χ3v) is 8.03. The van der Waals surface area contributed by atoms with Crippen LogP contribution < -0.4 is 5.32 Å². The maximum absolute atomic E-state index is 13.3. The lowest BCUT2D eigenvalue weighted by Gasteiger charge is -2.22. The molecule has 7 heteroatoms. The Bertz CT molecular complexity index is 1480. The first-order valence-electron chi connectivity index (χ1n) is 12.7. The number of hydrogen-bond donors (Lipinski definition) is 2. The number of tetrazole rings is 1. The van der Waals surface area contributed by atoms with E-state index in [1.165, 1.54) is 44.5 Å². The lowest BCUT2D eigenvalue weighted by molar-refractivity contribution is 0.0935.